The SMILES string of the molecule is C[C@H](COCc1cc(Br)c2c(c1)nnn2C)NC(=O)OC(C)(C)C. The van der Waals surface area contributed by atoms with E-state index in [0.29, 0.717) is 13.2 Å². The number of ether oxygens (including phenoxy) is 2. The Morgan fingerprint density at radius 2 is 2.12 bits per heavy atom. The number of aryl methyl sites for hydroxylation is 1. The largest absolute Gasteiger partial charge is 0.444 e. The Labute approximate surface area is 149 Å². The van der Waals surface area contributed by atoms with Crippen LogP contribution in [0.15, 0.2) is 16.6 Å². The number of aromatic nitrogens is 3. The standard InChI is InChI=1S/C16H23BrN4O3/c1-10(18-15(22)24-16(2,3)4)8-23-9-11-6-12(17)14-13(7-11)19-20-21(14)5/h6-7,10H,8-9H2,1-5H3,(H,18,22)/t10-/m1/s1. The molecule has 2 aromatic rings. The Kier molecular flexibility index (Phi) is 5.82. The summed E-state index contributed by atoms with van der Waals surface area (Å²) >= 11 is 3.53. The van der Waals surface area contributed by atoms with Crippen molar-refractivity contribution in [3.63, 3.8) is 0 Å². The molecule has 8 heteroatoms. The summed E-state index contributed by atoms with van der Waals surface area (Å²) in [6.07, 6.45) is -0.442. The first-order valence-electron chi connectivity index (χ1n) is 7.71. The van der Waals surface area contributed by atoms with Crippen LogP contribution >= 0.6 is 15.9 Å². The molecule has 0 unspecified atom stereocenters. The van der Waals surface area contributed by atoms with Crippen molar-refractivity contribution in [3.8, 4) is 0 Å². The molecule has 0 fully saturated rings. The third-order valence-electron chi connectivity index (χ3n) is 3.11. The van der Waals surface area contributed by atoms with Gasteiger partial charge in [-0.25, -0.2) is 9.48 Å². The molecular weight excluding hydrogens is 376 g/mol. The van der Waals surface area contributed by atoms with Gasteiger partial charge in [-0.05, 0) is 61.3 Å². The maximum atomic E-state index is 11.7. The Bertz CT molecular complexity index is 724. The molecule has 2 rings (SSSR count). The fourth-order valence-corrected chi connectivity index (χ4v) is 2.94. The van der Waals surface area contributed by atoms with E-state index in [-0.39, 0.29) is 6.04 Å². The van der Waals surface area contributed by atoms with Gasteiger partial charge in [0.15, 0.2) is 0 Å². The number of rotatable bonds is 5. The molecule has 0 spiro atoms. The van der Waals surface area contributed by atoms with E-state index in [1.54, 1.807) is 4.68 Å². The normalized spacial score (nSPS) is 13.1. The van der Waals surface area contributed by atoms with Gasteiger partial charge < -0.3 is 14.8 Å². The third-order valence-corrected chi connectivity index (χ3v) is 3.72. The van der Waals surface area contributed by atoms with E-state index in [1.807, 2.05) is 46.9 Å². The molecule has 0 saturated carbocycles. The van der Waals surface area contributed by atoms with Crippen molar-refractivity contribution < 1.29 is 14.3 Å². The van der Waals surface area contributed by atoms with Crippen LogP contribution in [0.2, 0.25) is 0 Å². The number of amides is 1. The molecule has 132 valence electrons. The van der Waals surface area contributed by atoms with E-state index in [1.165, 1.54) is 0 Å². The van der Waals surface area contributed by atoms with Crippen molar-refractivity contribution in [2.45, 2.75) is 45.9 Å². The van der Waals surface area contributed by atoms with Crippen LogP contribution in [0.4, 0.5) is 4.79 Å². The highest BCUT2D eigenvalue weighted by Gasteiger charge is 2.17. The van der Waals surface area contributed by atoms with E-state index in [9.17, 15) is 4.79 Å². The number of fused-ring (bicyclic) bond motifs is 1. The van der Waals surface area contributed by atoms with Gasteiger partial charge in [0.25, 0.3) is 0 Å². The molecule has 0 aliphatic heterocycles. The van der Waals surface area contributed by atoms with Crippen LogP contribution in [0.3, 0.4) is 0 Å². The Morgan fingerprint density at radius 3 is 2.79 bits per heavy atom. The zero-order valence-electron chi connectivity index (χ0n) is 14.6. The monoisotopic (exact) mass is 398 g/mol. The summed E-state index contributed by atoms with van der Waals surface area (Å²) in [5, 5.41) is 10.9. The molecule has 24 heavy (non-hydrogen) atoms. The fourth-order valence-electron chi connectivity index (χ4n) is 2.18. The van der Waals surface area contributed by atoms with E-state index in [2.05, 4.69) is 31.6 Å². The van der Waals surface area contributed by atoms with E-state index >= 15 is 0 Å². The summed E-state index contributed by atoms with van der Waals surface area (Å²) in [5.74, 6) is 0. The Hall–Kier alpha value is -1.67. The summed E-state index contributed by atoms with van der Waals surface area (Å²) in [5.41, 5.74) is 2.23. The zero-order chi connectivity index (χ0) is 17.9. The summed E-state index contributed by atoms with van der Waals surface area (Å²) in [6, 6.07) is 3.78. The van der Waals surface area contributed by atoms with Gasteiger partial charge in [0.05, 0.1) is 19.3 Å². The van der Waals surface area contributed by atoms with Crippen LogP contribution in [0.1, 0.15) is 33.3 Å². The number of alkyl carbamates (subject to hydrolysis) is 1. The number of carbonyl (C=O) groups excluding carboxylic acids is 1. The molecule has 0 aliphatic carbocycles. The van der Waals surface area contributed by atoms with Gasteiger partial charge in [-0.2, -0.15) is 0 Å². The van der Waals surface area contributed by atoms with Gasteiger partial charge in [0, 0.05) is 11.5 Å². The number of benzene rings is 1. The highest BCUT2D eigenvalue weighted by molar-refractivity contribution is 9.10. The highest BCUT2D eigenvalue weighted by atomic mass is 79.9. The van der Waals surface area contributed by atoms with E-state index in [4.69, 9.17) is 9.47 Å². The third kappa shape index (κ3) is 5.17. The molecule has 0 radical (unpaired) electrons. The Balaban J connectivity index is 1.85. The number of nitrogens with zero attached hydrogens (tertiary/aromatic N) is 3. The van der Waals surface area contributed by atoms with Crippen molar-refractivity contribution in [1.29, 1.82) is 0 Å². The summed E-state index contributed by atoms with van der Waals surface area (Å²) < 4.78 is 13.5. The molecule has 1 amide bonds. The highest BCUT2D eigenvalue weighted by Crippen LogP contribution is 2.24. The maximum Gasteiger partial charge on any atom is 0.407 e. The maximum absolute atomic E-state index is 11.7. The van der Waals surface area contributed by atoms with Crippen LogP contribution < -0.4 is 5.32 Å². The predicted octanol–water partition coefficient (Wildman–Crippen LogP) is 3.16. The van der Waals surface area contributed by atoms with Crippen LogP contribution in [0, 0.1) is 0 Å². The van der Waals surface area contributed by atoms with Crippen molar-refractivity contribution in [2.75, 3.05) is 6.61 Å². The molecule has 1 aromatic carbocycles. The quantitative estimate of drug-likeness (QED) is 0.836. The number of nitrogens with one attached hydrogen (secondary N) is 1. The average Bonchev–Trinajstić information content (AvgIpc) is 2.78. The lowest BCUT2D eigenvalue weighted by Crippen LogP contribution is -2.39. The molecule has 0 saturated heterocycles. The minimum Gasteiger partial charge on any atom is -0.444 e. The van der Waals surface area contributed by atoms with E-state index in [0.717, 1.165) is 21.1 Å². The van der Waals surface area contributed by atoms with Crippen LogP contribution in [-0.2, 0) is 23.1 Å². The zero-order valence-corrected chi connectivity index (χ0v) is 16.2. The second-order valence-electron chi connectivity index (χ2n) is 6.72. The van der Waals surface area contributed by atoms with Gasteiger partial charge in [-0.15, -0.1) is 5.10 Å². The van der Waals surface area contributed by atoms with Gasteiger partial charge >= 0.3 is 6.09 Å². The first-order valence-corrected chi connectivity index (χ1v) is 8.50. The van der Waals surface area contributed by atoms with E-state index < -0.39 is 11.7 Å². The van der Waals surface area contributed by atoms with Gasteiger partial charge in [-0.3, -0.25) is 0 Å². The minimum atomic E-state index is -0.511. The molecule has 0 aliphatic rings. The predicted molar refractivity (Wildman–Crippen MR) is 94.7 cm³/mol. The molecule has 0 bridgehead atoms. The number of carbonyl (C=O) groups is 1. The molecular formula is C16H23BrN4O3. The molecule has 7 nitrogen and oxygen atoms in total. The molecule has 1 aromatic heterocycles. The van der Waals surface area contributed by atoms with Crippen LogP contribution in [-0.4, -0.2) is 39.3 Å². The van der Waals surface area contributed by atoms with Crippen molar-refractivity contribution >= 4 is 33.1 Å². The van der Waals surface area contributed by atoms with Gasteiger partial charge in [-0.1, -0.05) is 5.21 Å². The first-order chi connectivity index (χ1) is 11.2. The van der Waals surface area contributed by atoms with Gasteiger partial charge in [0.2, 0.25) is 0 Å². The number of hydrogen-bond acceptors (Lipinski definition) is 5. The summed E-state index contributed by atoms with van der Waals surface area (Å²) in [4.78, 5) is 11.7. The second kappa shape index (κ2) is 7.48. The lowest BCUT2D eigenvalue weighted by atomic mass is 10.2. The van der Waals surface area contributed by atoms with Crippen LogP contribution in [0.25, 0.3) is 11.0 Å². The summed E-state index contributed by atoms with van der Waals surface area (Å²) in [6.45, 7) is 8.16. The molecule has 1 atom stereocenters. The second-order valence-corrected chi connectivity index (χ2v) is 7.58. The lowest BCUT2D eigenvalue weighted by Gasteiger charge is -2.22. The summed E-state index contributed by atoms with van der Waals surface area (Å²) in [7, 11) is 1.85. The van der Waals surface area contributed by atoms with Gasteiger partial charge in [0.1, 0.15) is 16.6 Å². The lowest BCUT2D eigenvalue weighted by molar-refractivity contribution is 0.0442. The average molecular weight is 399 g/mol. The first kappa shape index (κ1) is 18.7. The number of halogens is 1. The molecule has 1 N–H and O–H groups in total. The van der Waals surface area contributed by atoms with Crippen molar-refractivity contribution in [3.05, 3.63) is 22.2 Å². The topological polar surface area (TPSA) is 78.3 Å². The molecule has 1 heterocycles. The fraction of sp³-hybridized carbons (Fsp3) is 0.562. The van der Waals surface area contributed by atoms with Crippen LogP contribution in [0.5, 0.6) is 0 Å². The van der Waals surface area contributed by atoms with Crippen molar-refractivity contribution in [1.82, 2.24) is 20.3 Å². The van der Waals surface area contributed by atoms with Crippen molar-refractivity contribution in [2.24, 2.45) is 7.05 Å². The Morgan fingerprint density at radius 1 is 1.42 bits per heavy atom. The minimum absolute atomic E-state index is 0.150. The smallest absolute Gasteiger partial charge is 0.407 e. The number of hydrogen-bond donors (Lipinski definition) is 1.